The number of aromatic nitrogens is 3. The minimum absolute atomic E-state index is 0.0279. The standard InChI is InChI=1S/C23H24F3N5O4/c24-23(25,26)35-14-1-2-16(18(27)9-14)22(32)31-6-3-13(4-7-31)17-10-28-21-20(17)30-19(11-29-21)34-15-5-8-33-12-15/h1-2,9-11,13,15H,3-8,12,27H2,(H,28,29)/t15-/m0/s1. The molecule has 2 fully saturated rings. The van der Waals surface area contributed by atoms with Gasteiger partial charge in [0.25, 0.3) is 5.91 Å². The number of hydrogen-bond acceptors (Lipinski definition) is 7. The van der Waals surface area contributed by atoms with Crippen molar-refractivity contribution in [2.75, 3.05) is 32.0 Å². The van der Waals surface area contributed by atoms with Crippen molar-refractivity contribution in [3.05, 3.63) is 41.7 Å². The fourth-order valence-corrected chi connectivity index (χ4v) is 4.54. The highest BCUT2D eigenvalue weighted by molar-refractivity contribution is 5.99. The molecular weight excluding hydrogens is 467 g/mol. The molecule has 186 valence electrons. The zero-order chi connectivity index (χ0) is 24.6. The number of nitrogens with one attached hydrogen (secondary N) is 1. The maximum Gasteiger partial charge on any atom is 0.573 e. The van der Waals surface area contributed by atoms with Gasteiger partial charge in [-0.2, -0.15) is 0 Å². The summed E-state index contributed by atoms with van der Waals surface area (Å²) in [5, 5.41) is 0. The maximum atomic E-state index is 13.0. The SMILES string of the molecule is Nc1cc(OC(F)(F)F)ccc1C(=O)N1CCC(c2c[nH]c3ncc(O[C@H]4CCOC4)nc23)CC1. The van der Waals surface area contributed by atoms with E-state index in [2.05, 4.69) is 19.7 Å². The highest BCUT2D eigenvalue weighted by Crippen LogP contribution is 2.34. The second-order valence-corrected chi connectivity index (χ2v) is 8.62. The lowest BCUT2D eigenvalue weighted by Gasteiger charge is -2.32. The summed E-state index contributed by atoms with van der Waals surface area (Å²) in [6, 6.07) is 3.36. The average Bonchev–Trinajstić information content (AvgIpc) is 3.47. The van der Waals surface area contributed by atoms with Gasteiger partial charge in [-0.15, -0.1) is 13.2 Å². The number of likely N-dealkylation sites (tertiary alicyclic amines) is 1. The molecular formula is C23H24F3N5O4. The molecule has 5 rings (SSSR count). The number of nitrogens with zero attached hydrogens (tertiary/aromatic N) is 3. The zero-order valence-electron chi connectivity index (χ0n) is 18.7. The number of hydrogen-bond donors (Lipinski definition) is 2. The Kier molecular flexibility index (Phi) is 6.13. The van der Waals surface area contributed by atoms with Crippen molar-refractivity contribution in [1.29, 1.82) is 0 Å². The summed E-state index contributed by atoms with van der Waals surface area (Å²) in [5.74, 6) is -0.177. The Bertz CT molecular complexity index is 1220. The number of carbonyl (C=O) groups is 1. The van der Waals surface area contributed by atoms with E-state index in [0.717, 1.165) is 29.6 Å². The molecule has 0 unspecified atom stereocenters. The van der Waals surface area contributed by atoms with Crippen LogP contribution in [0.2, 0.25) is 0 Å². The van der Waals surface area contributed by atoms with E-state index in [9.17, 15) is 18.0 Å². The van der Waals surface area contributed by atoms with Gasteiger partial charge in [0.15, 0.2) is 5.65 Å². The summed E-state index contributed by atoms with van der Waals surface area (Å²) in [6.45, 7) is 2.15. The first kappa shape index (κ1) is 23.2. The number of fused-ring (bicyclic) bond motifs is 1. The Labute approximate surface area is 198 Å². The number of aromatic amines is 1. The number of nitrogens with two attached hydrogens (primary N) is 1. The molecule has 1 atom stereocenters. The molecule has 1 aromatic carbocycles. The van der Waals surface area contributed by atoms with E-state index >= 15 is 0 Å². The number of rotatable bonds is 5. The molecule has 12 heteroatoms. The number of anilines is 1. The predicted molar refractivity (Wildman–Crippen MR) is 119 cm³/mol. The molecule has 0 radical (unpaired) electrons. The molecule has 0 bridgehead atoms. The molecule has 1 amide bonds. The predicted octanol–water partition coefficient (Wildman–Crippen LogP) is 3.63. The van der Waals surface area contributed by atoms with Gasteiger partial charge in [0.05, 0.1) is 25.0 Å². The van der Waals surface area contributed by atoms with Crippen molar-refractivity contribution in [3.8, 4) is 11.6 Å². The van der Waals surface area contributed by atoms with Crippen molar-refractivity contribution >= 4 is 22.8 Å². The van der Waals surface area contributed by atoms with Crippen LogP contribution in [0.1, 0.15) is 41.1 Å². The number of carbonyl (C=O) groups excluding carboxylic acids is 1. The first-order valence-corrected chi connectivity index (χ1v) is 11.3. The lowest BCUT2D eigenvalue weighted by Crippen LogP contribution is -2.38. The van der Waals surface area contributed by atoms with Crippen LogP contribution in [0.4, 0.5) is 18.9 Å². The summed E-state index contributed by atoms with van der Waals surface area (Å²) in [5.41, 5.74) is 8.37. The van der Waals surface area contributed by atoms with Gasteiger partial charge in [-0.1, -0.05) is 0 Å². The van der Waals surface area contributed by atoms with Gasteiger partial charge in [0.2, 0.25) is 5.88 Å². The number of ether oxygens (including phenoxy) is 3. The molecule has 0 spiro atoms. The number of amides is 1. The third-order valence-electron chi connectivity index (χ3n) is 6.27. The van der Waals surface area contributed by atoms with E-state index < -0.39 is 12.1 Å². The number of benzene rings is 1. The van der Waals surface area contributed by atoms with Crippen molar-refractivity contribution in [3.63, 3.8) is 0 Å². The van der Waals surface area contributed by atoms with E-state index in [1.807, 2.05) is 6.20 Å². The fraction of sp³-hybridized carbons (Fsp3) is 0.435. The molecule has 3 aromatic rings. The smallest absolute Gasteiger partial charge is 0.471 e. The van der Waals surface area contributed by atoms with Crippen LogP contribution in [0, 0.1) is 0 Å². The van der Waals surface area contributed by atoms with E-state index in [4.69, 9.17) is 15.2 Å². The number of halogens is 3. The summed E-state index contributed by atoms with van der Waals surface area (Å²) in [7, 11) is 0. The summed E-state index contributed by atoms with van der Waals surface area (Å²) >= 11 is 0. The average molecular weight is 491 g/mol. The first-order chi connectivity index (χ1) is 16.8. The lowest BCUT2D eigenvalue weighted by molar-refractivity contribution is -0.274. The number of nitrogen functional groups attached to an aromatic ring is 1. The molecule has 4 heterocycles. The minimum atomic E-state index is -4.83. The molecule has 0 aliphatic carbocycles. The van der Waals surface area contributed by atoms with Crippen molar-refractivity contribution < 1.29 is 32.2 Å². The summed E-state index contributed by atoms with van der Waals surface area (Å²) in [4.78, 5) is 26.8. The molecule has 0 saturated carbocycles. The van der Waals surface area contributed by atoms with Crippen LogP contribution in [0.25, 0.3) is 11.2 Å². The number of piperidine rings is 1. The molecule has 2 aliphatic heterocycles. The van der Waals surface area contributed by atoms with Crippen molar-refractivity contribution in [2.24, 2.45) is 0 Å². The van der Waals surface area contributed by atoms with Gasteiger partial charge >= 0.3 is 6.36 Å². The molecule has 3 N–H and O–H groups in total. The van der Waals surface area contributed by atoms with Crippen LogP contribution in [0.15, 0.2) is 30.6 Å². The van der Waals surface area contributed by atoms with Gasteiger partial charge in [0, 0.05) is 43.0 Å². The maximum absolute atomic E-state index is 13.0. The fourth-order valence-electron chi connectivity index (χ4n) is 4.54. The van der Waals surface area contributed by atoms with Crippen LogP contribution >= 0.6 is 0 Å². The third kappa shape index (κ3) is 5.11. The van der Waals surface area contributed by atoms with Gasteiger partial charge in [-0.3, -0.25) is 4.79 Å². The molecule has 2 aliphatic rings. The van der Waals surface area contributed by atoms with E-state index in [-0.39, 0.29) is 29.2 Å². The van der Waals surface area contributed by atoms with Crippen LogP contribution < -0.4 is 15.2 Å². The molecule has 2 saturated heterocycles. The van der Waals surface area contributed by atoms with Gasteiger partial charge in [-0.25, -0.2) is 9.97 Å². The topological polar surface area (TPSA) is 116 Å². The van der Waals surface area contributed by atoms with Crippen LogP contribution in [-0.4, -0.2) is 64.5 Å². The second-order valence-electron chi connectivity index (χ2n) is 8.62. The van der Waals surface area contributed by atoms with Gasteiger partial charge in [-0.05, 0) is 30.9 Å². The number of alkyl halides is 3. The largest absolute Gasteiger partial charge is 0.573 e. The Morgan fingerprint density at radius 1 is 1.23 bits per heavy atom. The van der Waals surface area contributed by atoms with Crippen LogP contribution in [-0.2, 0) is 4.74 Å². The first-order valence-electron chi connectivity index (χ1n) is 11.3. The minimum Gasteiger partial charge on any atom is -0.471 e. The highest BCUT2D eigenvalue weighted by atomic mass is 19.4. The quantitative estimate of drug-likeness (QED) is 0.524. The van der Waals surface area contributed by atoms with Crippen LogP contribution in [0.5, 0.6) is 11.6 Å². The molecule has 35 heavy (non-hydrogen) atoms. The Morgan fingerprint density at radius 2 is 2.03 bits per heavy atom. The lowest BCUT2D eigenvalue weighted by atomic mass is 9.90. The van der Waals surface area contributed by atoms with E-state index in [1.54, 1.807) is 11.1 Å². The van der Waals surface area contributed by atoms with E-state index in [0.29, 0.717) is 50.7 Å². The number of H-pyrrole nitrogens is 1. The Hall–Kier alpha value is -3.54. The van der Waals surface area contributed by atoms with Gasteiger partial charge < -0.3 is 29.8 Å². The van der Waals surface area contributed by atoms with Crippen molar-refractivity contribution in [2.45, 2.75) is 37.6 Å². The molecule has 2 aromatic heterocycles. The Morgan fingerprint density at radius 3 is 2.71 bits per heavy atom. The summed E-state index contributed by atoms with van der Waals surface area (Å²) in [6.07, 6.45) is 0.831. The third-order valence-corrected chi connectivity index (χ3v) is 6.27. The Balaban J connectivity index is 1.25. The van der Waals surface area contributed by atoms with E-state index in [1.165, 1.54) is 6.07 Å². The van der Waals surface area contributed by atoms with Crippen molar-refractivity contribution in [1.82, 2.24) is 19.9 Å². The molecule has 9 nitrogen and oxygen atoms in total. The normalized spacial score (nSPS) is 19.3. The van der Waals surface area contributed by atoms with Gasteiger partial charge in [0.1, 0.15) is 17.4 Å². The van der Waals surface area contributed by atoms with Crippen LogP contribution in [0.3, 0.4) is 0 Å². The highest BCUT2D eigenvalue weighted by Gasteiger charge is 2.32. The zero-order valence-corrected chi connectivity index (χ0v) is 18.7. The second kappa shape index (κ2) is 9.25. The summed E-state index contributed by atoms with van der Waals surface area (Å²) < 4.78 is 52.4. The monoisotopic (exact) mass is 491 g/mol.